The van der Waals surface area contributed by atoms with Gasteiger partial charge in [-0.2, -0.15) is 0 Å². The number of carbonyl (C=O) groups is 2. The van der Waals surface area contributed by atoms with Gasteiger partial charge in [0.2, 0.25) is 6.41 Å². The first-order valence-electron chi connectivity index (χ1n) is 9.36. The quantitative estimate of drug-likeness (QED) is 0.792. The molecule has 1 fully saturated rings. The molecule has 0 spiro atoms. The Morgan fingerprint density at radius 3 is 2.22 bits per heavy atom. The van der Waals surface area contributed by atoms with Crippen molar-refractivity contribution in [2.75, 3.05) is 36.4 Å². The molecule has 27 heavy (non-hydrogen) atoms. The van der Waals surface area contributed by atoms with Crippen LogP contribution in [0.15, 0.2) is 30.3 Å². The van der Waals surface area contributed by atoms with Crippen molar-refractivity contribution in [2.24, 2.45) is 0 Å². The van der Waals surface area contributed by atoms with Gasteiger partial charge in [-0.3, -0.25) is 9.59 Å². The molecule has 7 heteroatoms. The molecule has 0 bridgehead atoms. The van der Waals surface area contributed by atoms with Gasteiger partial charge in [0, 0.05) is 31.9 Å². The molecular weight excluding hydrogens is 342 g/mol. The molecule has 3 rings (SSSR count). The number of piperazine rings is 1. The van der Waals surface area contributed by atoms with E-state index in [1.165, 1.54) is 0 Å². The van der Waals surface area contributed by atoms with Crippen LogP contribution in [0.1, 0.15) is 35.5 Å². The van der Waals surface area contributed by atoms with Crippen LogP contribution in [0.3, 0.4) is 0 Å². The SMILES string of the molecule is CCc1cccc(CC)c1NC(=O)c1ccc(N2CCN(C=O)CC2)nn1. The number of nitrogens with one attached hydrogen (secondary N) is 1. The number of amides is 2. The van der Waals surface area contributed by atoms with Gasteiger partial charge in [-0.15, -0.1) is 10.2 Å². The molecule has 0 aliphatic carbocycles. The molecule has 142 valence electrons. The lowest BCUT2D eigenvalue weighted by molar-refractivity contribution is -0.118. The Hall–Kier alpha value is -2.96. The van der Waals surface area contributed by atoms with Gasteiger partial charge in [0.15, 0.2) is 11.5 Å². The lowest BCUT2D eigenvalue weighted by Gasteiger charge is -2.32. The van der Waals surface area contributed by atoms with Gasteiger partial charge in [0.25, 0.3) is 5.91 Å². The van der Waals surface area contributed by atoms with Crippen molar-refractivity contribution in [3.05, 3.63) is 47.2 Å². The molecular formula is C20H25N5O2. The van der Waals surface area contributed by atoms with E-state index in [0.29, 0.717) is 31.9 Å². The van der Waals surface area contributed by atoms with E-state index >= 15 is 0 Å². The third-order valence-corrected chi connectivity index (χ3v) is 4.91. The van der Waals surface area contributed by atoms with Gasteiger partial charge < -0.3 is 15.1 Å². The molecule has 2 amide bonds. The van der Waals surface area contributed by atoms with Gasteiger partial charge in [-0.25, -0.2) is 0 Å². The Labute approximate surface area is 159 Å². The molecule has 0 unspecified atom stereocenters. The number of anilines is 2. The average molecular weight is 367 g/mol. The third-order valence-electron chi connectivity index (χ3n) is 4.91. The number of benzene rings is 1. The Morgan fingerprint density at radius 1 is 1.04 bits per heavy atom. The summed E-state index contributed by atoms with van der Waals surface area (Å²) in [5.41, 5.74) is 3.39. The third kappa shape index (κ3) is 4.24. The van der Waals surface area contributed by atoms with E-state index in [1.807, 2.05) is 24.3 Å². The standard InChI is InChI=1S/C20H25N5O2/c1-3-15-6-5-7-16(4-2)19(15)21-20(27)17-8-9-18(23-22-17)25-12-10-24(14-26)11-13-25/h5-9,14H,3-4,10-13H2,1-2H3,(H,21,27). The predicted octanol–water partition coefficient (Wildman–Crippen LogP) is 2.13. The minimum absolute atomic E-state index is 0.254. The molecule has 0 radical (unpaired) electrons. The van der Waals surface area contributed by atoms with Crippen LogP contribution in [-0.2, 0) is 17.6 Å². The van der Waals surface area contributed by atoms with E-state index in [-0.39, 0.29) is 5.91 Å². The monoisotopic (exact) mass is 367 g/mol. The predicted molar refractivity (Wildman–Crippen MR) is 105 cm³/mol. The zero-order valence-corrected chi connectivity index (χ0v) is 15.8. The fourth-order valence-electron chi connectivity index (χ4n) is 3.25. The maximum Gasteiger partial charge on any atom is 0.276 e. The van der Waals surface area contributed by atoms with Crippen molar-refractivity contribution < 1.29 is 9.59 Å². The Kier molecular flexibility index (Phi) is 6.01. The van der Waals surface area contributed by atoms with Gasteiger partial charge in [0.05, 0.1) is 0 Å². The lowest BCUT2D eigenvalue weighted by Crippen LogP contribution is -2.46. The van der Waals surface area contributed by atoms with Crippen LogP contribution in [0.5, 0.6) is 0 Å². The molecule has 1 aromatic heterocycles. The van der Waals surface area contributed by atoms with Crippen molar-refractivity contribution >= 4 is 23.8 Å². The van der Waals surface area contributed by atoms with Crippen molar-refractivity contribution in [3.8, 4) is 0 Å². The second kappa shape index (κ2) is 8.62. The molecule has 1 N–H and O–H groups in total. The van der Waals surface area contributed by atoms with Crippen molar-refractivity contribution in [2.45, 2.75) is 26.7 Å². The average Bonchev–Trinajstić information content (AvgIpc) is 2.74. The van der Waals surface area contributed by atoms with Crippen molar-refractivity contribution in [1.29, 1.82) is 0 Å². The van der Waals surface area contributed by atoms with Crippen LogP contribution in [0.25, 0.3) is 0 Å². The molecule has 1 aliphatic heterocycles. The zero-order valence-electron chi connectivity index (χ0n) is 15.8. The number of carbonyl (C=O) groups excluding carboxylic acids is 2. The summed E-state index contributed by atoms with van der Waals surface area (Å²) in [4.78, 5) is 27.3. The maximum atomic E-state index is 12.6. The van der Waals surface area contributed by atoms with Crippen LogP contribution in [-0.4, -0.2) is 53.6 Å². The van der Waals surface area contributed by atoms with Gasteiger partial charge in [-0.1, -0.05) is 32.0 Å². The number of para-hydroxylation sites is 1. The highest BCUT2D eigenvalue weighted by Crippen LogP contribution is 2.23. The summed E-state index contributed by atoms with van der Waals surface area (Å²) in [6.07, 6.45) is 2.57. The Balaban J connectivity index is 1.71. The molecule has 1 saturated heterocycles. The Morgan fingerprint density at radius 2 is 1.70 bits per heavy atom. The molecule has 0 saturated carbocycles. The van der Waals surface area contributed by atoms with Crippen LogP contribution < -0.4 is 10.2 Å². The first-order chi connectivity index (χ1) is 13.2. The summed E-state index contributed by atoms with van der Waals surface area (Å²) < 4.78 is 0. The zero-order chi connectivity index (χ0) is 19.2. The van der Waals surface area contributed by atoms with E-state index < -0.39 is 0 Å². The fourth-order valence-corrected chi connectivity index (χ4v) is 3.25. The number of aryl methyl sites for hydroxylation is 2. The molecule has 1 aliphatic rings. The summed E-state index contributed by atoms with van der Waals surface area (Å²) in [6.45, 7) is 6.90. The first kappa shape index (κ1) is 18.8. The topological polar surface area (TPSA) is 78.4 Å². The van der Waals surface area contributed by atoms with E-state index in [1.54, 1.807) is 11.0 Å². The largest absolute Gasteiger partial charge is 0.352 e. The van der Waals surface area contributed by atoms with Crippen LogP contribution >= 0.6 is 0 Å². The molecule has 7 nitrogen and oxygen atoms in total. The number of hydrogen-bond acceptors (Lipinski definition) is 5. The highest BCUT2D eigenvalue weighted by atomic mass is 16.2. The van der Waals surface area contributed by atoms with Gasteiger partial charge in [-0.05, 0) is 36.1 Å². The van der Waals surface area contributed by atoms with E-state index in [4.69, 9.17) is 0 Å². The summed E-state index contributed by atoms with van der Waals surface area (Å²) in [6, 6.07) is 9.59. The van der Waals surface area contributed by atoms with E-state index in [2.05, 4.69) is 34.3 Å². The smallest absolute Gasteiger partial charge is 0.276 e. The fraction of sp³-hybridized carbons (Fsp3) is 0.400. The highest BCUT2D eigenvalue weighted by molar-refractivity contribution is 6.03. The van der Waals surface area contributed by atoms with Gasteiger partial charge in [0.1, 0.15) is 0 Å². The molecule has 2 aromatic rings. The van der Waals surface area contributed by atoms with Crippen molar-refractivity contribution in [1.82, 2.24) is 15.1 Å². The minimum atomic E-state index is -0.254. The molecule has 2 heterocycles. The van der Waals surface area contributed by atoms with Crippen LogP contribution in [0, 0.1) is 0 Å². The number of rotatable bonds is 6. The molecule has 0 atom stereocenters. The lowest BCUT2D eigenvalue weighted by atomic mass is 10.0. The summed E-state index contributed by atoms with van der Waals surface area (Å²) in [7, 11) is 0. The summed E-state index contributed by atoms with van der Waals surface area (Å²) in [5, 5.41) is 11.3. The maximum absolute atomic E-state index is 12.6. The number of hydrogen-bond donors (Lipinski definition) is 1. The normalized spacial score (nSPS) is 14.1. The Bertz CT molecular complexity index is 776. The van der Waals surface area contributed by atoms with Crippen LogP contribution in [0.2, 0.25) is 0 Å². The molecule has 1 aromatic carbocycles. The van der Waals surface area contributed by atoms with E-state index in [9.17, 15) is 9.59 Å². The minimum Gasteiger partial charge on any atom is -0.352 e. The van der Waals surface area contributed by atoms with Crippen LogP contribution in [0.4, 0.5) is 11.5 Å². The number of nitrogens with zero attached hydrogens (tertiary/aromatic N) is 4. The summed E-state index contributed by atoms with van der Waals surface area (Å²) >= 11 is 0. The van der Waals surface area contributed by atoms with Crippen molar-refractivity contribution in [3.63, 3.8) is 0 Å². The van der Waals surface area contributed by atoms with Gasteiger partial charge >= 0.3 is 0 Å². The van der Waals surface area contributed by atoms with E-state index in [0.717, 1.165) is 41.9 Å². The summed E-state index contributed by atoms with van der Waals surface area (Å²) in [5.74, 6) is 0.468. The second-order valence-corrected chi connectivity index (χ2v) is 6.52. The highest BCUT2D eigenvalue weighted by Gasteiger charge is 2.18. The first-order valence-corrected chi connectivity index (χ1v) is 9.36. The number of aromatic nitrogens is 2. The second-order valence-electron chi connectivity index (χ2n) is 6.52.